The van der Waals surface area contributed by atoms with Gasteiger partial charge < -0.3 is 15.4 Å². The highest BCUT2D eigenvalue weighted by atomic mass is 32.1. The molecule has 0 aliphatic carbocycles. The summed E-state index contributed by atoms with van der Waals surface area (Å²) in [5, 5.41) is 1.10. The Morgan fingerprint density at radius 2 is 2.17 bits per heavy atom. The van der Waals surface area contributed by atoms with E-state index in [1.54, 1.807) is 11.3 Å². The van der Waals surface area contributed by atoms with Crippen molar-refractivity contribution in [2.45, 2.75) is 26.8 Å². The smallest absolute Gasteiger partial charge is 0.186 e. The number of aryl methyl sites for hydroxylation is 1. The third-order valence-electron chi connectivity index (χ3n) is 3.18. The van der Waals surface area contributed by atoms with Crippen molar-refractivity contribution in [1.82, 2.24) is 4.98 Å². The molecule has 0 bridgehead atoms. The molecular weight excluding hydrogens is 246 g/mol. The van der Waals surface area contributed by atoms with E-state index in [0.29, 0.717) is 0 Å². The van der Waals surface area contributed by atoms with Crippen molar-refractivity contribution >= 4 is 22.5 Å². The number of thiazole rings is 1. The molecular formula is C13H21N3OS. The van der Waals surface area contributed by atoms with E-state index >= 15 is 0 Å². The van der Waals surface area contributed by atoms with Crippen molar-refractivity contribution in [2.24, 2.45) is 5.73 Å². The lowest BCUT2D eigenvalue weighted by Crippen LogP contribution is -2.36. The van der Waals surface area contributed by atoms with Crippen molar-refractivity contribution in [3.63, 3.8) is 0 Å². The summed E-state index contributed by atoms with van der Waals surface area (Å²) < 4.78 is 5.36. The number of ether oxygens (including phenoxy) is 1. The second kappa shape index (κ2) is 5.82. The molecule has 0 saturated carbocycles. The van der Waals surface area contributed by atoms with Gasteiger partial charge in [-0.15, -0.1) is 0 Å². The van der Waals surface area contributed by atoms with Gasteiger partial charge >= 0.3 is 0 Å². The van der Waals surface area contributed by atoms with Gasteiger partial charge in [0, 0.05) is 19.1 Å². The van der Waals surface area contributed by atoms with Crippen LogP contribution in [0.25, 0.3) is 6.08 Å². The second-order valence-corrected chi connectivity index (χ2v) is 5.73. The minimum atomic E-state index is 0.0957. The zero-order valence-electron chi connectivity index (χ0n) is 11.3. The summed E-state index contributed by atoms with van der Waals surface area (Å²) in [6.07, 6.45) is 2.15. The lowest BCUT2D eigenvalue weighted by atomic mass is 10.1. The molecule has 0 amide bonds. The van der Waals surface area contributed by atoms with Gasteiger partial charge in [-0.05, 0) is 26.8 Å². The summed E-state index contributed by atoms with van der Waals surface area (Å²) in [6.45, 7) is 9.58. The SMILES string of the molecule is CC(=Cc1sc(N2CCOCC2)nc1C)C(C)N. The molecule has 1 aromatic rings. The normalized spacial score (nSPS) is 19.1. The van der Waals surface area contributed by atoms with Crippen molar-refractivity contribution in [3.8, 4) is 0 Å². The standard InChI is InChI=1S/C13H21N3OS/c1-9(10(2)14)8-12-11(3)15-13(18-12)16-4-6-17-7-5-16/h8,10H,4-7,14H2,1-3H3. The molecule has 1 unspecified atom stereocenters. The third kappa shape index (κ3) is 3.10. The van der Waals surface area contributed by atoms with Crippen LogP contribution in [-0.2, 0) is 4.74 Å². The Hall–Kier alpha value is -0.910. The average molecular weight is 267 g/mol. The Balaban J connectivity index is 2.18. The first-order valence-corrected chi connectivity index (χ1v) is 7.13. The third-order valence-corrected chi connectivity index (χ3v) is 4.35. The van der Waals surface area contributed by atoms with Gasteiger partial charge in [-0.3, -0.25) is 0 Å². The largest absolute Gasteiger partial charge is 0.378 e. The number of nitrogens with two attached hydrogens (primary N) is 1. The van der Waals surface area contributed by atoms with Crippen LogP contribution in [0.2, 0.25) is 0 Å². The van der Waals surface area contributed by atoms with Gasteiger partial charge in [-0.2, -0.15) is 0 Å². The van der Waals surface area contributed by atoms with E-state index in [9.17, 15) is 0 Å². The van der Waals surface area contributed by atoms with Crippen molar-refractivity contribution < 1.29 is 4.74 Å². The van der Waals surface area contributed by atoms with Crippen LogP contribution in [0.5, 0.6) is 0 Å². The number of nitrogens with zero attached hydrogens (tertiary/aromatic N) is 2. The number of hydrogen-bond donors (Lipinski definition) is 1. The van der Waals surface area contributed by atoms with Crippen LogP contribution < -0.4 is 10.6 Å². The van der Waals surface area contributed by atoms with E-state index in [1.165, 1.54) is 10.5 Å². The van der Waals surface area contributed by atoms with E-state index < -0.39 is 0 Å². The first kappa shape index (κ1) is 13.5. The second-order valence-electron chi connectivity index (χ2n) is 4.72. The molecule has 2 heterocycles. The molecule has 2 N–H and O–H groups in total. The van der Waals surface area contributed by atoms with E-state index in [0.717, 1.165) is 37.1 Å². The molecule has 0 spiro atoms. The molecule has 1 aliphatic heterocycles. The quantitative estimate of drug-likeness (QED) is 0.910. The van der Waals surface area contributed by atoms with Crippen LogP contribution in [0, 0.1) is 6.92 Å². The van der Waals surface area contributed by atoms with Crippen molar-refractivity contribution in [1.29, 1.82) is 0 Å². The Kier molecular flexibility index (Phi) is 4.37. The fourth-order valence-electron chi connectivity index (χ4n) is 1.76. The van der Waals surface area contributed by atoms with E-state index in [1.807, 2.05) is 6.92 Å². The molecule has 0 radical (unpaired) electrons. The van der Waals surface area contributed by atoms with Gasteiger partial charge in [0.15, 0.2) is 5.13 Å². The van der Waals surface area contributed by atoms with Gasteiger partial charge in [0.25, 0.3) is 0 Å². The molecule has 1 atom stereocenters. The van der Waals surface area contributed by atoms with E-state index in [4.69, 9.17) is 10.5 Å². The van der Waals surface area contributed by atoms with Gasteiger partial charge in [-0.25, -0.2) is 4.98 Å². The summed E-state index contributed by atoms with van der Waals surface area (Å²) in [5.74, 6) is 0. The minimum absolute atomic E-state index is 0.0957. The lowest BCUT2D eigenvalue weighted by Gasteiger charge is -2.26. The molecule has 5 heteroatoms. The highest BCUT2D eigenvalue weighted by Crippen LogP contribution is 2.28. The molecule has 1 aliphatic rings. The fraction of sp³-hybridized carbons (Fsp3) is 0.615. The maximum absolute atomic E-state index is 5.87. The van der Waals surface area contributed by atoms with Crippen LogP contribution in [0.3, 0.4) is 0 Å². The maximum atomic E-state index is 5.87. The van der Waals surface area contributed by atoms with Gasteiger partial charge in [0.05, 0.1) is 23.8 Å². The molecule has 1 aromatic heterocycles. The van der Waals surface area contributed by atoms with E-state index in [-0.39, 0.29) is 6.04 Å². The lowest BCUT2D eigenvalue weighted by molar-refractivity contribution is 0.122. The summed E-state index contributed by atoms with van der Waals surface area (Å²) in [5.41, 5.74) is 8.15. The van der Waals surface area contributed by atoms with Crippen LogP contribution in [0.15, 0.2) is 5.57 Å². The number of hydrogen-bond acceptors (Lipinski definition) is 5. The average Bonchev–Trinajstić information content (AvgIpc) is 2.72. The Labute approximate surface area is 112 Å². The predicted molar refractivity (Wildman–Crippen MR) is 77.2 cm³/mol. The molecule has 4 nitrogen and oxygen atoms in total. The molecule has 100 valence electrons. The fourth-order valence-corrected chi connectivity index (χ4v) is 2.88. The minimum Gasteiger partial charge on any atom is -0.378 e. The van der Waals surface area contributed by atoms with Gasteiger partial charge in [0.2, 0.25) is 0 Å². The Morgan fingerprint density at radius 3 is 2.78 bits per heavy atom. The number of aromatic nitrogens is 1. The van der Waals surface area contributed by atoms with Crippen LogP contribution in [0.1, 0.15) is 24.4 Å². The Bertz CT molecular complexity index is 433. The summed E-state index contributed by atoms with van der Waals surface area (Å²) in [4.78, 5) is 8.16. The van der Waals surface area contributed by atoms with Crippen LogP contribution in [0.4, 0.5) is 5.13 Å². The number of morpholine rings is 1. The van der Waals surface area contributed by atoms with E-state index in [2.05, 4.69) is 29.8 Å². The number of rotatable bonds is 3. The zero-order chi connectivity index (χ0) is 13.1. The van der Waals surface area contributed by atoms with Gasteiger partial charge in [-0.1, -0.05) is 16.9 Å². The van der Waals surface area contributed by atoms with Crippen molar-refractivity contribution in [3.05, 3.63) is 16.1 Å². The monoisotopic (exact) mass is 267 g/mol. The van der Waals surface area contributed by atoms with Crippen molar-refractivity contribution in [2.75, 3.05) is 31.2 Å². The zero-order valence-corrected chi connectivity index (χ0v) is 12.1. The number of anilines is 1. The van der Waals surface area contributed by atoms with Gasteiger partial charge in [0.1, 0.15) is 0 Å². The molecule has 1 fully saturated rings. The van der Waals surface area contributed by atoms with Crippen LogP contribution >= 0.6 is 11.3 Å². The summed E-state index contributed by atoms with van der Waals surface area (Å²) >= 11 is 1.74. The summed E-state index contributed by atoms with van der Waals surface area (Å²) in [7, 11) is 0. The topological polar surface area (TPSA) is 51.4 Å². The molecule has 18 heavy (non-hydrogen) atoms. The first-order valence-electron chi connectivity index (χ1n) is 6.32. The predicted octanol–water partition coefficient (Wildman–Crippen LogP) is 2.04. The van der Waals surface area contributed by atoms with Crippen LogP contribution in [-0.4, -0.2) is 37.3 Å². The highest BCUT2D eigenvalue weighted by Gasteiger charge is 2.16. The maximum Gasteiger partial charge on any atom is 0.186 e. The summed E-state index contributed by atoms with van der Waals surface area (Å²) in [6, 6.07) is 0.0957. The molecule has 1 saturated heterocycles. The molecule has 2 rings (SSSR count). The first-order chi connectivity index (χ1) is 8.58. The molecule has 0 aromatic carbocycles. The highest BCUT2D eigenvalue weighted by molar-refractivity contribution is 7.16. The Morgan fingerprint density at radius 1 is 1.50 bits per heavy atom.